The van der Waals surface area contributed by atoms with Gasteiger partial charge in [-0.1, -0.05) is 91.0 Å². The fourth-order valence-electron chi connectivity index (χ4n) is 6.02. The van der Waals surface area contributed by atoms with Gasteiger partial charge >= 0.3 is 0 Å². The first kappa shape index (κ1) is 21.0. The van der Waals surface area contributed by atoms with Crippen LogP contribution in [0.4, 0.5) is 0 Å². The maximum absolute atomic E-state index is 4.83. The van der Waals surface area contributed by atoms with E-state index < -0.39 is 0 Å². The Bertz CT molecular complexity index is 1960. The highest BCUT2D eigenvalue weighted by molar-refractivity contribution is 6.18. The maximum atomic E-state index is 4.83. The molecule has 3 heteroatoms. The quantitative estimate of drug-likeness (QED) is 0.245. The fourth-order valence-corrected chi connectivity index (χ4v) is 6.02. The molecule has 0 amide bonds. The van der Waals surface area contributed by atoms with Gasteiger partial charge in [0.15, 0.2) is 0 Å². The van der Waals surface area contributed by atoms with Crippen molar-refractivity contribution < 1.29 is 0 Å². The van der Waals surface area contributed by atoms with Crippen LogP contribution in [0.2, 0.25) is 0 Å². The highest BCUT2D eigenvalue weighted by Crippen LogP contribution is 2.42. The molecule has 3 nitrogen and oxygen atoms in total. The summed E-state index contributed by atoms with van der Waals surface area (Å²) in [5.41, 5.74) is 10.4. The Balaban J connectivity index is 1.57. The second kappa shape index (κ2) is 8.19. The summed E-state index contributed by atoms with van der Waals surface area (Å²) in [5.74, 6) is 0. The van der Waals surface area contributed by atoms with Gasteiger partial charge in [0.25, 0.3) is 0 Å². The second-order valence-corrected chi connectivity index (χ2v) is 9.63. The van der Waals surface area contributed by atoms with E-state index in [-0.39, 0.29) is 0 Å². The molecule has 0 N–H and O–H groups in total. The summed E-state index contributed by atoms with van der Waals surface area (Å²) in [6, 6.07) is 47.5. The molecule has 3 heterocycles. The molecule has 0 unspecified atom stereocenters. The SMILES string of the molecule is c1ccc(-n2c3ccccc3c3cccc(-c4cccc5c6ncccc6n(-c6ccccc6)c45)c32)cc1. The Labute approximate surface area is 219 Å². The van der Waals surface area contributed by atoms with Crippen LogP contribution >= 0.6 is 0 Å². The molecule has 8 aromatic rings. The zero-order chi connectivity index (χ0) is 25.1. The van der Waals surface area contributed by atoms with Gasteiger partial charge in [0.2, 0.25) is 0 Å². The highest BCUT2D eigenvalue weighted by atomic mass is 15.0. The topological polar surface area (TPSA) is 22.8 Å². The molecule has 38 heavy (non-hydrogen) atoms. The molecule has 5 aromatic carbocycles. The summed E-state index contributed by atoms with van der Waals surface area (Å²) in [6.07, 6.45) is 1.89. The number of benzene rings is 5. The van der Waals surface area contributed by atoms with Crippen molar-refractivity contribution in [3.63, 3.8) is 0 Å². The molecule has 0 radical (unpaired) electrons. The van der Waals surface area contributed by atoms with Crippen LogP contribution in [-0.4, -0.2) is 14.1 Å². The Kier molecular flexibility index (Phi) is 4.52. The molecule has 0 aliphatic heterocycles. The van der Waals surface area contributed by atoms with E-state index >= 15 is 0 Å². The van der Waals surface area contributed by atoms with E-state index in [9.17, 15) is 0 Å². The van der Waals surface area contributed by atoms with Gasteiger partial charge in [0.05, 0.1) is 27.6 Å². The first-order valence-electron chi connectivity index (χ1n) is 12.9. The zero-order valence-corrected chi connectivity index (χ0v) is 20.6. The van der Waals surface area contributed by atoms with Crippen molar-refractivity contribution in [2.45, 2.75) is 0 Å². The van der Waals surface area contributed by atoms with Gasteiger partial charge in [-0.2, -0.15) is 0 Å². The Morgan fingerprint density at radius 3 is 1.63 bits per heavy atom. The van der Waals surface area contributed by atoms with Crippen molar-refractivity contribution in [2.24, 2.45) is 0 Å². The smallest absolute Gasteiger partial charge is 0.0963 e. The maximum Gasteiger partial charge on any atom is 0.0963 e. The number of pyridine rings is 1. The van der Waals surface area contributed by atoms with Crippen LogP contribution in [0.5, 0.6) is 0 Å². The van der Waals surface area contributed by atoms with Gasteiger partial charge in [-0.15, -0.1) is 0 Å². The Morgan fingerprint density at radius 2 is 0.921 bits per heavy atom. The van der Waals surface area contributed by atoms with E-state index in [1.54, 1.807) is 0 Å². The van der Waals surface area contributed by atoms with Crippen LogP contribution in [0.25, 0.3) is 66.2 Å². The van der Waals surface area contributed by atoms with Crippen LogP contribution in [0.15, 0.2) is 140 Å². The molecule has 0 aliphatic carbocycles. The third-order valence-electron chi connectivity index (χ3n) is 7.56. The summed E-state index contributed by atoms with van der Waals surface area (Å²) in [5, 5.41) is 3.66. The third-order valence-corrected chi connectivity index (χ3v) is 7.56. The van der Waals surface area contributed by atoms with Gasteiger partial charge in [-0.05, 0) is 42.5 Å². The van der Waals surface area contributed by atoms with Crippen LogP contribution in [0.3, 0.4) is 0 Å². The summed E-state index contributed by atoms with van der Waals surface area (Å²) in [6.45, 7) is 0. The number of rotatable bonds is 3. The summed E-state index contributed by atoms with van der Waals surface area (Å²) in [4.78, 5) is 4.83. The average molecular weight is 486 g/mol. The summed E-state index contributed by atoms with van der Waals surface area (Å²) >= 11 is 0. The molecule has 0 spiro atoms. The summed E-state index contributed by atoms with van der Waals surface area (Å²) < 4.78 is 4.77. The summed E-state index contributed by atoms with van der Waals surface area (Å²) in [7, 11) is 0. The van der Waals surface area contributed by atoms with Gasteiger partial charge in [0.1, 0.15) is 0 Å². The van der Waals surface area contributed by atoms with Gasteiger partial charge in [-0.3, -0.25) is 4.98 Å². The first-order chi connectivity index (χ1) is 18.9. The lowest BCUT2D eigenvalue weighted by Gasteiger charge is -2.14. The predicted octanol–water partition coefficient (Wildman–Crippen LogP) is 8.94. The standard InChI is InChI=1S/C35H23N3/c1-3-12-24(13-4-1)37-31-21-8-7-16-26(31)27-17-9-18-28(34(27)37)29-19-10-20-30-33-32(22-11-23-36-33)38(35(29)30)25-14-5-2-6-15-25/h1-23H. The van der Waals surface area contributed by atoms with Crippen LogP contribution in [-0.2, 0) is 0 Å². The molecule has 0 saturated carbocycles. The van der Waals surface area contributed by atoms with Gasteiger partial charge < -0.3 is 9.13 Å². The number of nitrogens with zero attached hydrogens (tertiary/aromatic N) is 3. The molecular formula is C35H23N3. The second-order valence-electron chi connectivity index (χ2n) is 9.63. The molecule has 0 bridgehead atoms. The number of para-hydroxylation sites is 5. The minimum atomic E-state index is 1.02. The largest absolute Gasteiger partial charge is 0.309 e. The van der Waals surface area contributed by atoms with E-state index in [0.717, 1.165) is 27.8 Å². The van der Waals surface area contributed by atoms with Crippen LogP contribution in [0.1, 0.15) is 0 Å². The first-order valence-corrected chi connectivity index (χ1v) is 12.9. The minimum Gasteiger partial charge on any atom is -0.309 e. The lowest BCUT2D eigenvalue weighted by Crippen LogP contribution is -1.97. The molecule has 0 saturated heterocycles. The molecule has 0 fully saturated rings. The number of hydrogen-bond acceptors (Lipinski definition) is 1. The van der Waals surface area contributed by atoms with E-state index in [1.807, 2.05) is 12.3 Å². The lowest BCUT2D eigenvalue weighted by atomic mass is 9.99. The van der Waals surface area contributed by atoms with E-state index in [2.05, 4.69) is 137 Å². The Hall–Kier alpha value is -5.15. The number of aromatic nitrogens is 3. The van der Waals surface area contributed by atoms with Crippen molar-refractivity contribution in [2.75, 3.05) is 0 Å². The van der Waals surface area contributed by atoms with E-state index in [0.29, 0.717) is 0 Å². The molecule has 178 valence electrons. The van der Waals surface area contributed by atoms with E-state index in [4.69, 9.17) is 4.98 Å². The van der Waals surface area contributed by atoms with Crippen molar-refractivity contribution >= 4 is 43.7 Å². The normalized spacial score (nSPS) is 11.7. The monoisotopic (exact) mass is 485 g/mol. The lowest BCUT2D eigenvalue weighted by molar-refractivity contribution is 1.17. The molecule has 0 atom stereocenters. The van der Waals surface area contributed by atoms with E-state index in [1.165, 1.54) is 38.4 Å². The highest BCUT2D eigenvalue weighted by Gasteiger charge is 2.21. The van der Waals surface area contributed by atoms with Crippen molar-refractivity contribution in [3.05, 3.63) is 140 Å². The average Bonchev–Trinajstić information content (AvgIpc) is 3.51. The predicted molar refractivity (Wildman–Crippen MR) is 158 cm³/mol. The number of hydrogen-bond donors (Lipinski definition) is 0. The molecule has 0 aliphatic rings. The molecular weight excluding hydrogens is 462 g/mol. The van der Waals surface area contributed by atoms with Crippen LogP contribution in [0, 0.1) is 0 Å². The zero-order valence-electron chi connectivity index (χ0n) is 20.6. The van der Waals surface area contributed by atoms with Crippen molar-refractivity contribution in [3.8, 4) is 22.5 Å². The minimum absolute atomic E-state index is 1.02. The van der Waals surface area contributed by atoms with Crippen molar-refractivity contribution in [1.82, 2.24) is 14.1 Å². The number of fused-ring (bicyclic) bond motifs is 6. The Morgan fingerprint density at radius 1 is 0.395 bits per heavy atom. The van der Waals surface area contributed by atoms with Crippen molar-refractivity contribution in [1.29, 1.82) is 0 Å². The molecule has 8 rings (SSSR count). The van der Waals surface area contributed by atoms with Gasteiger partial charge in [-0.25, -0.2) is 0 Å². The van der Waals surface area contributed by atoms with Crippen LogP contribution < -0.4 is 0 Å². The third kappa shape index (κ3) is 2.93. The van der Waals surface area contributed by atoms with Gasteiger partial charge in [0, 0.05) is 44.9 Å². The fraction of sp³-hybridized carbons (Fsp3) is 0. The molecule has 3 aromatic heterocycles.